The van der Waals surface area contributed by atoms with Gasteiger partial charge in [0.05, 0.1) is 26.9 Å². The predicted octanol–water partition coefficient (Wildman–Crippen LogP) is 4.79. The average molecular weight is 485 g/mol. The Balaban J connectivity index is 1.43. The smallest absolute Gasteiger partial charge is 0.407 e. The van der Waals surface area contributed by atoms with Crippen molar-refractivity contribution in [2.45, 2.75) is 38.8 Å². The summed E-state index contributed by atoms with van der Waals surface area (Å²) in [6.45, 7) is 7.45. The molecule has 35 heavy (non-hydrogen) atoms. The Bertz CT molecular complexity index is 1110. The Hall–Kier alpha value is -3.00. The van der Waals surface area contributed by atoms with Crippen molar-refractivity contribution < 1.29 is 28.1 Å². The quantitative estimate of drug-likeness (QED) is 0.658. The molecule has 4 heterocycles. The maximum Gasteiger partial charge on any atom is 0.407 e. The number of methoxy groups -OCH3 is 2. The predicted molar refractivity (Wildman–Crippen MR) is 130 cm³/mol. The van der Waals surface area contributed by atoms with Gasteiger partial charge in [0.25, 0.3) is 0 Å². The molecule has 4 aliphatic heterocycles. The Morgan fingerprint density at radius 1 is 1.11 bits per heavy atom. The molecule has 0 aliphatic carbocycles. The summed E-state index contributed by atoms with van der Waals surface area (Å²) in [5.74, 6) is 1.53. The topological polar surface area (TPSA) is 69.3 Å². The van der Waals surface area contributed by atoms with Crippen molar-refractivity contribution in [1.29, 1.82) is 0 Å². The van der Waals surface area contributed by atoms with Gasteiger partial charge in [0.1, 0.15) is 29.2 Å². The van der Waals surface area contributed by atoms with E-state index in [1.54, 1.807) is 25.3 Å². The number of hydrogen-bond acceptors (Lipinski definition) is 6. The first-order valence-electron chi connectivity index (χ1n) is 12.2. The molecule has 2 aromatic rings. The standard InChI is InChI=1S/C27H33FN2O5/c1-27(2)15-34-23-12-19(18-6-5-17(32-3)11-21(18)28)22(33-4)13-20(23)25(27)29-26(31)35-24-14-30-9-7-16(24)8-10-30/h5-6,11-13,16,24-25H,7-10,14-15H2,1-4H3,(H,29,31)/t24-,25?/m0/s1. The largest absolute Gasteiger partial charge is 0.497 e. The monoisotopic (exact) mass is 484 g/mol. The normalized spacial score (nSPS) is 26.3. The van der Waals surface area contributed by atoms with Crippen molar-refractivity contribution in [1.82, 2.24) is 10.2 Å². The number of rotatable bonds is 5. The van der Waals surface area contributed by atoms with Crippen LogP contribution < -0.4 is 19.5 Å². The first-order valence-corrected chi connectivity index (χ1v) is 12.2. The minimum Gasteiger partial charge on any atom is -0.497 e. The fourth-order valence-electron chi connectivity index (χ4n) is 5.52. The summed E-state index contributed by atoms with van der Waals surface area (Å²) in [7, 11) is 3.05. The molecule has 2 aromatic carbocycles. The molecule has 0 aromatic heterocycles. The van der Waals surface area contributed by atoms with Gasteiger partial charge in [-0.2, -0.15) is 0 Å². The van der Waals surface area contributed by atoms with Gasteiger partial charge in [-0.25, -0.2) is 9.18 Å². The molecule has 2 atom stereocenters. The van der Waals surface area contributed by atoms with Gasteiger partial charge in [-0.05, 0) is 56.1 Å². The van der Waals surface area contributed by atoms with Gasteiger partial charge in [0.2, 0.25) is 0 Å². The second-order valence-corrected chi connectivity index (χ2v) is 10.4. The van der Waals surface area contributed by atoms with Crippen molar-refractivity contribution >= 4 is 6.09 Å². The molecule has 4 aliphatic rings. The van der Waals surface area contributed by atoms with E-state index in [2.05, 4.69) is 10.2 Å². The highest BCUT2D eigenvalue weighted by molar-refractivity contribution is 5.75. The number of ether oxygens (including phenoxy) is 4. The van der Waals surface area contributed by atoms with Crippen LogP contribution in [-0.4, -0.2) is 57.6 Å². The Morgan fingerprint density at radius 2 is 1.89 bits per heavy atom. The first-order chi connectivity index (χ1) is 16.8. The molecule has 3 fully saturated rings. The maximum atomic E-state index is 14.9. The molecule has 2 bridgehead atoms. The molecule has 7 nitrogen and oxygen atoms in total. The average Bonchev–Trinajstić information content (AvgIpc) is 2.86. The van der Waals surface area contributed by atoms with Gasteiger partial charge >= 0.3 is 6.09 Å². The van der Waals surface area contributed by atoms with Gasteiger partial charge in [0.15, 0.2) is 0 Å². The van der Waals surface area contributed by atoms with Crippen molar-refractivity contribution in [3.63, 3.8) is 0 Å². The van der Waals surface area contributed by atoms with Gasteiger partial charge in [-0.15, -0.1) is 0 Å². The zero-order valence-corrected chi connectivity index (χ0v) is 20.7. The number of nitrogens with one attached hydrogen (secondary N) is 1. The molecular weight excluding hydrogens is 451 g/mol. The van der Waals surface area contributed by atoms with Crippen LogP contribution in [0.25, 0.3) is 11.1 Å². The van der Waals surface area contributed by atoms with E-state index in [9.17, 15) is 9.18 Å². The number of benzene rings is 2. The number of nitrogens with zero attached hydrogens (tertiary/aromatic N) is 1. The van der Waals surface area contributed by atoms with Crippen LogP contribution in [0.4, 0.5) is 9.18 Å². The van der Waals surface area contributed by atoms with Crippen LogP contribution in [0, 0.1) is 17.2 Å². The van der Waals surface area contributed by atoms with E-state index in [1.807, 2.05) is 19.9 Å². The summed E-state index contributed by atoms with van der Waals surface area (Å²) < 4.78 is 37.6. The molecule has 1 N–H and O–H groups in total. The van der Waals surface area contributed by atoms with Crippen LogP contribution in [0.3, 0.4) is 0 Å². The molecule has 0 radical (unpaired) electrons. The highest BCUT2D eigenvalue weighted by Crippen LogP contribution is 2.47. The summed E-state index contributed by atoms with van der Waals surface area (Å²) in [4.78, 5) is 15.4. The lowest BCUT2D eigenvalue weighted by atomic mass is 9.78. The fourth-order valence-corrected chi connectivity index (χ4v) is 5.52. The van der Waals surface area contributed by atoms with Crippen LogP contribution in [0.15, 0.2) is 30.3 Å². The van der Waals surface area contributed by atoms with Crippen LogP contribution in [0.5, 0.6) is 17.2 Å². The molecule has 1 amide bonds. The summed E-state index contributed by atoms with van der Waals surface area (Å²) in [5, 5.41) is 3.10. The third-order valence-electron chi connectivity index (χ3n) is 7.61. The lowest BCUT2D eigenvalue weighted by Gasteiger charge is -2.44. The molecule has 8 heteroatoms. The third kappa shape index (κ3) is 4.51. The van der Waals surface area contributed by atoms with Crippen molar-refractivity contribution in [3.8, 4) is 28.4 Å². The van der Waals surface area contributed by atoms with Crippen LogP contribution >= 0.6 is 0 Å². The molecule has 188 valence electrons. The number of amides is 1. The van der Waals surface area contributed by atoms with E-state index in [-0.39, 0.29) is 17.6 Å². The summed E-state index contributed by atoms with van der Waals surface area (Å²) in [5.41, 5.74) is 1.34. The third-order valence-corrected chi connectivity index (χ3v) is 7.61. The first kappa shape index (κ1) is 23.7. The minimum atomic E-state index is -0.422. The second-order valence-electron chi connectivity index (χ2n) is 10.4. The van der Waals surface area contributed by atoms with Crippen molar-refractivity contribution in [2.24, 2.45) is 11.3 Å². The Labute approximate surface area is 205 Å². The number of carbonyl (C=O) groups is 1. The lowest BCUT2D eigenvalue weighted by Crippen LogP contribution is -2.53. The number of carbonyl (C=O) groups excluding carboxylic acids is 1. The van der Waals surface area contributed by atoms with Crippen LogP contribution in [-0.2, 0) is 4.74 Å². The van der Waals surface area contributed by atoms with E-state index < -0.39 is 11.9 Å². The second kappa shape index (κ2) is 9.22. The maximum absolute atomic E-state index is 14.9. The van der Waals surface area contributed by atoms with Crippen LogP contribution in [0.1, 0.15) is 38.3 Å². The SMILES string of the molecule is COc1ccc(-c2cc3c(cc2OC)C(NC(=O)O[C@H]2CN4CCC2CC4)C(C)(C)CO3)c(F)c1. The summed E-state index contributed by atoms with van der Waals surface area (Å²) in [6.07, 6.45) is 1.66. The van der Waals surface area contributed by atoms with E-state index in [0.717, 1.165) is 38.0 Å². The van der Waals surface area contributed by atoms with Gasteiger partial charge in [-0.3, -0.25) is 4.90 Å². The fraction of sp³-hybridized carbons (Fsp3) is 0.519. The Morgan fingerprint density at radius 3 is 2.51 bits per heavy atom. The minimum absolute atomic E-state index is 0.0742. The summed E-state index contributed by atoms with van der Waals surface area (Å²) >= 11 is 0. The van der Waals surface area contributed by atoms with Gasteiger partial charge in [0, 0.05) is 34.7 Å². The van der Waals surface area contributed by atoms with E-state index in [4.69, 9.17) is 18.9 Å². The van der Waals surface area contributed by atoms with E-state index in [0.29, 0.717) is 40.9 Å². The molecule has 0 saturated carbocycles. The van der Waals surface area contributed by atoms with E-state index in [1.165, 1.54) is 13.2 Å². The van der Waals surface area contributed by atoms with Gasteiger partial charge < -0.3 is 24.3 Å². The molecule has 3 saturated heterocycles. The zero-order chi connectivity index (χ0) is 24.7. The number of piperidine rings is 3. The lowest BCUT2D eigenvalue weighted by molar-refractivity contribution is -0.0361. The van der Waals surface area contributed by atoms with Crippen LogP contribution in [0.2, 0.25) is 0 Å². The number of alkyl carbamates (subject to hydrolysis) is 1. The number of halogens is 1. The molecule has 1 unspecified atom stereocenters. The van der Waals surface area contributed by atoms with E-state index >= 15 is 0 Å². The number of fused-ring (bicyclic) bond motifs is 4. The van der Waals surface area contributed by atoms with Crippen molar-refractivity contribution in [2.75, 3.05) is 40.5 Å². The molecule has 6 rings (SSSR count). The summed E-state index contributed by atoms with van der Waals surface area (Å²) in [6, 6.07) is 7.95. The highest BCUT2D eigenvalue weighted by Gasteiger charge is 2.41. The molecule has 0 spiro atoms. The Kier molecular flexibility index (Phi) is 6.25. The number of hydrogen-bond donors (Lipinski definition) is 1. The van der Waals surface area contributed by atoms with Crippen molar-refractivity contribution in [3.05, 3.63) is 41.7 Å². The highest BCUT2D eigenvalue weighted by atomic mass is 19.1. The van der Waals surface area contributed by atoms with Gasteiger partial charge in [-0.1, -0.05) is 13.8 Å². The molecular formula is C27H33FN2O5. The zero-order valence-electron chi connectivity index (χ0n) is 20.7.